The van der Waals surface area contributed by atoms with Crippen molar-refractivity contribution in [1.29, 1.82) is 0 Å². The van der Waals surface area contributed by atoms with E-state index in [0.717, 1.165) is 11.1 Å². The molecular weight excluding hydrogens is 290 g/mol. The van der Waals surface area contributed by atoms with Crippen molar-refractivity contribution < 1.29 is 14.3 Å². The fourth-order valence-electron chi connectivity index (χ4n) is 1.93. The monoisotopic (exact) mass is 309 g/mol. The summed E-state index contributed by atoms with van der Waals surface area (Å²) < 4.78 is 10.1. The highest BCUT2D eigenvalue weighted by Crippen LogP contribution is 2.26. The number of benzene rings is 2. The first-order valence-corrected chi connectivity index (χ1v) is 7.35. The number of hydrogen-bond donors (Lipinski definition) is 0. The zero-order valence-corrected chi connectivity index (χ0v) is 13.2. The molecule has 0 heterocycles. The van der Waals surface area contributed by atoms with Gasteiger partial charge in [-0.2, -0.15) is 0 Å². The topological polar surface area (TPSA) is 47.9 Å². The van der Waals surface area contributed by atoms with Crippen molar-refractivity contribution in [3.05, 3.63) is 65.7 Å². The number of methoxy groups -OCH3 is 1. The van der Waals surface area contributed by atoms with Crippen molar-refractivity contribution in [2.75, 3.05) is 13.7 Å². The van der Waals surface area contributed by atoms with Gasteiger partial charge in [0.15, 0.2) is 0 Å². The lowest BCUT2D eigenvalue weighted by molar-refractivity contribution is -0.137. The van der Waals surface area contributed by atoms with E-state index in [1.807, 2.05) is 48.5 Å². The highest BCUT2D eigenvalue weighted by molar-refractivity contribution is 5.89. The molecule has 2 aromatic carbocycles. The summed E-state index contributed by atoms with van der Waals surface area (Å²) in [6.45, 7) is 2.12. The van der Waals surface area contributed by atoms with E-state index in [-0.39, 0.29) is 5.97 Å². The predicted molar refractivity (Wildman–Crippen MR) is 92.4 cm³/mol. The van der Waals surface area contributed by atoms with E-state index in [9.17, 15) is 4.79 Å². The second kappa shape index (κ2) is 8.54. The van der Waals surface area contributed by atoms with Gasteiger partial charge in [0.25, 0.3) is 0 Å². The summed E-state index contributed by atoms with van der Waals surface area (Å²) in [5.74, 6) is 0.333. The number of aliphatic imine (C=N–C) groups is 1. The summed E-state index contributed by atoms with van der Waals surface area (Å²) in [5, 5.41) is 0. The summed E-state index contributed by atoms with van der Waals surface area (Å²) in [6.07, 6.45) is 4.86. The number of nitrogens with zero attached hydrogens (tertiary/aromatic N) is 1. The van der Waals surface area contributed by atoms with Crippen LogP contribution in [0.4, 0.5) is 5.69 Å². The molecule has 2 rings (SSSR count). The largest absolute Gasteiger partial charge is 0.497 e. The van der Waals surface area contributed by atoms with Crippen molar-refractivity contribution in [1.82, 2.24) is 0 Å². The minimum Gasteiger partial charge on any atom is -0.497 e. The number of ether oxygens (including phenoxy) is 2. The molecule has 0 atom stereocenters. The molecule has 0 aromatic heterocycles. The smallest absolute Gasteiger partial charge is 0.330 e. The van der Waals surface area contributed by atoms with Crippen molar-refractivity contribution in [2.45, 2.75) is 6.92 Å². The minimum absolute atomic E-state index is 0.352. The molecule has 0 amide bonds. The fraction of sp³-hybridized carbons (Fsp3) is 0.158. The van der Waals surface area contributed by atoms with Gasteiger partial charge in [-0.15, -0.1) is 0 Å². The molecule has 0 bridgehead atoms. The molecule has 23 heavy (non-hydrogen) atoms. The number of hydrogen-bond acceptors (Lipinski definition) is 4. The van der Waals surface area contributed by atoms with Crippen molar-refractivity contribution in [3.8, 4) is 5.75 Å². The third-order valence-corrected chi connectivity index (χ3v) is 3.08. The molecule has 0 aliphatic carbocycles. The van der Waals surface area contributed by atoms with E-state index in [1.165, 1.54) is 6.08 Å². The molecule has 0 fully saturated rings. The molecular formula is C19H19NO3. The number of rotatable bonds is 6. The number of carbonyl (C=O) groups excluding carboxylic acids is 1. The first-order valence-electron chi connectivity index (χ1n) is 7.35. The molecule has 0 aliphatic heterocycles. The van der Waals surface area contributed by atoms with E-state index in [1.54, 1.807) is 26.3 Å². The molecule has 0 saturated heterocycles. The molecule has 0 saturated carbocycles. The Kier molecular flexibility index (Phi) is 6.12. The molecule has 0 unspecified atom stereocenters. The Morgan fingerprint density at radius 2 is 1.96 bits per heavy atom. The normalized spacial score (nSPS) is 11.0. The molecule has 0 radical (unpaired) electrons. The van der Waals surface area contributed by atoms with Crippen LogP contribution in [-0.4, -0.2) is 25.9 Å². The molecule has 4 nitrogen and oxygen atoms in total. The summed E-state index contributed by atoms with van der Waals surface area (Å²) in [4.78, 5) is 16.0. The lowest BCUT2D eigenvalue weighted by Gasteiger charge is -2.05. The molecule has 0 spiro atoms. The van der Waals surface area contributed by atoms with Crippen molar-refractivity contribution >= 4 is 23.9 Å². The van der Waals surface area contributed by atoms with Gasteiger partial charge in [0.1, 0.15) is 5.75 Å². The van der Waals surface area contributed by atoms with Crippen LogP contribution in [0.1, 0.15) is 18.1 Å². The Hall–Kier alpha value is -2.88. The maximum absolute atomic E-state index is 11.5. The number of esters is 1. The van der Waals surface area contributed by atoms with Crippen molar-refractivity contribution in [3.63, 3.8) is 0 Å². The van der Waals surface area contributed by atoms with Gasteiger partial charge in [-0.1, -0.05) is 30.3 Å². The summed E-state index contributed by atoms with van der Waals surface area (Å²) in [7, 11) is 1.61. The van der Waals surface area contributed by atoms with Crippen LogP contribution in [0.25, 0.3) is 6.08 Å². The summed E-state index contributed by atoms with van der Waals surface area (Å²) in [5.41, 5.74) is 2.52. The van der Waals surface area contributed by atoms with Gasteiger partial charge in [-0.3, -0.25) is 4.99 Å². The van der Waals surface area contributed by atoms with Gasteiger partial charge < -0.3 is 9.47 Å². The third-order valence-electron chi connectivity index (χ3n) is 3.08. The average Bonchev–Trinajstić information content (AvgIpc) is 2.59. The molecule has 4 heteroatoms. The second-order valence-corrected chi connectivity index (χ2v) is 4.68. The SMILES string of the molecule is CCOC(=O)/C=C/c1ccc(OC)cc1N=Cc1ccccc1. The Bertz CT molecular complexity index is 706. The summed E-state index contributed by atoms with van der Waals surface area (Å²) in [6, 6.07) is 15.3. The third kappa shape index (κ3) is 5.11. The van der Waals surface area contributed by atoms with Crippen LogP contribution in [0.2, 0.25) is 0 Å². The van der Waals surface area contributed by atoms with E-state index >= 15 is 0 Å². The minimum atomic E-state index is -0.374. The van der Waals surface area contributed by atoms with Gasteiger partial charge in [0, 0.05) is 23.9 Å². The molecule has 0 N–H and O–H groups in total. The van der Waals surface area contributed by atoms with Crippen LogP contribution in [0.5, 0.6) is 5.75 Å². The van der Waals surface area contributed by atoms with Crippen LogP contribution in [-0.2, 0) is 9.53 Å². The summed E-state index contributed by atoms with van der Waals surface area (Å²) >= 11 is 0. The zero-order valence-electron chi connectivity index (χ0n) is 13.2. The Balaban J connectivity index is 2.28. The quantitative estimate of drug-likeness (QED) is 0.460. The Labute approximate surface area is 136 Å². The lowest BCUT2D eigenvalue weighted by Crippen LogP contribution is -1.98. The van der Waals surface area contributed by atoms with Gasteiger partial charge in [0.05, 0.1) is 19.4 Å². The van der Waals surface area contributed by atoms with Crippen LogP contribution < -0.4 is 4.74 Å². The average molecular weight is 309 g/mol. The van der Waals surface area contributed by atoms with Crippen molar-refractivity contribution in [2.24, 2.45) is 4.99 Å². The van der Waals surface area contributed by atoms with Gasteiger partial charge >= 0.3 is 5.97 Å². The van der Waals surface area contributed by atoms with Crippen LogP contribution >= 0.6 is 0 Å². The second-order valence-electron chi connectivity index (χ2n) is 4.68. The number of carbonyl (C=O) groups is 1. The van der Waals surface area contributed by atoms with Gasteiger partial charge in [-0.05, 0) is 30.7 Å². The molecule has 2 aromatic rings. The first kappa shape index (κ1) is 16.5. The van der Waals surface area contributed by atoms with E-state index < -0.39 is 0 Å². The Morgan fingerprint density at radius 1 is 1.17 bits per heavy atom. The van der Waals surface area contributed by atoms with E-state index in [2.05, 4.69) is 4.99 Å². The van der Waals surface area contributed by atoms with Crippen LogP contribution in [0, 0.1) is 0 Å². The van der Waals surface area contributed by atoms with Gasteiger partial charge in [-0.25, -0.2) is 4.79 Å². The zero-order chi connectivity index (χ0) is 16.5. The maximum atomic E-state index is 11.5. The highest BCUT2D eigenvalue weighted by Gasteiger charge is 2.02. The predicted octanol–water partition coefficient (Wildman–Crippen LogP) is 4.02. The van der Waals surface area contributed by atoms with Crippen LogP contribution in [0.3, 0.4) is 0 Å². The first-order chi connectivity index (χ1) is 11.2. The van der Waals surface area contributed by atoms with Crippen LogP contribution in [0.15, 0.2) is 59.6 Å². The standard InChI is InChI=1S/C19H19NO3/c1-3-23-19(21)12-10-16-9-11-17(22-2)13-18(16)20-14-15-7-5-4-6-8-15/h4-14H,3H2,1-2H3/b12-10+,20-14?. The molecule has 0 aliphatic rings. The van der Waals surface area contributed by atoms with Gasteiger partial charge in [0.2, 0.25) is 0 Å². The Morgan fingerprint density at radius 3 is 2.65 bits per heavy atom. The molecule has 118 valence electrons. The van der Waals surface area contributed by atoms with E-state index in [4.69, 9.17) is 9.47 Å². The van der Waals surface area contributed by atoms with E-state index in [0.29, 0.717) is 18.0 Å². The lowest BCUT2D eigenvalue weighted by atomic mass is 10.1. The fourth-order valence-corrected chi connectivity index (χ4v) is 1.93. The highest BCUT2D eigenvalue weighted by atomic mass is 16.5. The maximum Gasteiger partial charge on any atom is 0.330 e.